The van der Waals surface area contributed by atoms with Gasteiger partial charge in [0.25, 0.3) is 5.91 Å². The normalized spacial score (nSPS) is 12.5. The number of aromatic nitrogens is 1. The molecule has 3 rings (SSSR count). The highest BCUT2D eigenvalue weighted by Crippen LogP contribution is 2.16. The predicted molar refractivity (Wildman–Crippen MR) is 98.0 cm³/mol. The van der Waals surface area contributed by atoms with E-state index in [1.54, 1.807) is 0 Å². The van der Waals surface area contributed by atoms with Crippen molar-refractivity contribution >= 4 is 48.9 Å². The van der Waals surface area contributed by atoms with Crippen molar-refractivity contribution in [2.45, 2.75) is 4.90 Å². The van der Waals surface area contributed by atoms with Gasteiger partial charge in [-0.15, -0.1) is 5.10 Å². The Hall–Kier alpha value is -2.16. The van der Waals surface area contributed by atoms with Crippen LogP contribution in [0.1, 0.15) is 0 Å². The summed E-state index contributed by atoms with van der Waals surface area (Å²) in [6, 6.07) is 13.4. The molecule has 0 atom stereocenters. The smallest absolute Gasteiger partial charge is 0.255 e. The lowest BCUT2D eigenvalue weighted by Crippen LogP contribution is -2.29. The second kappa shape index (κ2) is 6.99. The summed E-state index contributed by atoms with van der Waals surface area (Å²) in [7, 11) is -1.92. The van der Waals surface area contributed by atoms with Crippen molar-refractivity contribution in [2.24, 2.45) is 12.1 Å². The van der Waals surface area contributed by atoms with E-state index < -0.39 is 21.5 Å². The van der Waals surface area contributed by atoms with Crippen LogP contribution in [-0.2, 0) is 21.7 Å². The molecule has 0 saturated carbocycles. The monoisotopic (exact) mass is 395 g/mol. The number of para-hydroxylation sites is 1. The molecule has 6 nitrogen and oxygen atoms in total. The number of thiazole rings is 1. The van der Waals surface area contributed by atoms with Crippen LogP contribution in [0.15, 0.2) is 58.5 Å². The molecule has 0 bridgehead atoms. The Kier molecular flexibility index (Phi) is 4.94. The second-order valence-corrected chi connectivity index (χ2v) is 8.71. The summed E-state index contributed by atoms with van der Waals surface area (Å²) in [4.78, 5) is 12.6. The Morgan fingerprint density at radius 1 is 1.20 bits per heavy atom. The Morgan fingerprint density at radius 2 is 1.88 bits per heavy atom. The van der Waals surface area contributed by atoms with Crippen LogP contribution in [0.5, 0.6) is 0 Å². The molecule has 0 unspecified atom stereocenters. The molecule has 9 heteroatoms. The van der Waals surface area contributed by atoms with Gasteiger partial charge < -0.3 is 4.57 Å². The van der Waals surface area contributed by atoms with Crippen molar-refractivity contribution < 1.29 is 13.2 Å². The Labute approximate surface area is 153 Å². The van der Waals surface area contributed by atoms with E-state index in [4.69, 9.17) is 11.6 Å². The van der Waals surface area contributed by atoms with Crippen molar-refractivity contribution in [1.82, 2.24) is 9.99 Å². The fraction of sp³-hybridized carbons (Fsp3) is 0.125. The third-order valence-electron chi connectivity index (χ3n) is 3.48. The number of nitrogens with one attached hydrogen (secondary N) is 1. The van der Waals surface area contributed by atoms with Crippen LogP contribution in [0, 0.1) is 0 Å². The molecule has 0 fully saturated rings. The highest BCUT2D eigenvalue weighted by Gasteiger charge is 2.19. The molecule has 130 valence electrons. The van der Waals surface area contributed by atoms with Crippen LogP contribution < -0.4 is 10.2 Å². The quantitative estimate of drug-likeness (QED) is 0.688. The largest absolute Gasteiger partial charge is 0.318 e. The van der Waals surface area contributed by atoms with Crippen molar-refractivity contribution in [1.29, 1.82) is 0 Å². The summed E-state index contributed by atoms with van der Waals surface area (Å²) in [6.07, 6.45) is 0. The predicted octanol–water partition coefficient (Wildman–Crippen LogP) is 2.30. The standard InChI is InChI=1S/C16H14ClN3O3S2/c1-20-13-4-2-3-5-14(13)24-16(20)19-18-15(21)10-25(22,23)12-8-6-11(17)7-9-12/h2-9H,10H2,1H3,(H,18,21)/b19-16-. The molecule has 25 heavy (non-hydrogen) atoms. The number of benzene rings is 2. The molecule has 0 spiro atoms. The summed E-state index contributed by atoms with van der Waals surface area (Å²) in [5.41, 5.74) is 3.29. The zero-order chi connectivity index (χ0) is 18.0. The molecule has 0 saturated heterocycles. The number of amides is 1. The van der Waals surface area contributed by atoms with Crippen LogP contribution in [0.4, 0.5) is 0 Å². The Bertz CT molecular complexity index is 1100. The average Bonchev–Trinajstić information content (AvgIpc) is 2.89. The lowest BCUT2D eigenvalue weighted by molar-refractivity contribution is -0.118. The van der Waals surface area contributed by atoms with Gasteiger partial charge in [0.15, 0.2) is 9.84 Å². The molecule has 0 aliphatic carbocycles. The molecular weight excluding hydrogens is 382 g/mol. The molecule has 3 aromatic rings. The van der Waals surface area contributed by atoms with Crippen LogP contribution in [0.2, 0.25) is 5.02 Å². The van der Waals surface area contributed by atoms with E-state index >= 15 is 0 Å². The van der Waals surface area contributed by atoms with E-state index in [0.29, 0.717) is 9.82 Å². The molecule has 1 heterocycles. The third kappa shape index (κ3) is 3.92. The minimum Gasteiger partial charge on any atom is -0.318 e. The van der Waals surface area contributed by atoms with Gasteiger partial charge in [-0.05, 0) is 36.4 Å². The Morgan fingerprint density at radius 3 is 2.56 bits per heavy atom. The number of carbonyl (C=O) groups excluding carboxylic acids is 1. The first-order valence-corrected chi connectivity index (χ1v) is 10.1. The first-order valence-electron chi connectivity index (χ1n) is 7.22. The summed E-state index contributed by atoms with van der Waals surface area (Å²) in [6.45, 7) is 0. The number of hydrogen-bond acceptors (Lipinski definition) is 5. The van der Waals surface area contributed by atoms with Crippen molar-refractivity contribution in [2.75, 3.05) is 5.75 Å². The van der Waals surface area contributed by atoms with Crippen molar-refractivity contribution in [3.05, 3.63) is 58.4 Å². The highest BCUT2D eigenvalue weighted by molar-refractivity contribution is 7.92. The van der Waals surface area contributed by atoms with E-state index in [9.17, 15) is 13.2 Å². The molecular formula is C16H14ClN3O3S2. The second-order valence-electron chi connectivity index (χ2n) is 5.27. The summed E-state index contributed by atoms with van der Waals surface area (Å²) >= 11 is 7.14. The van der Waals surface area contributed by atoms with Crippen LogP contribution in [-0.4, -0.2) is 24.6 Å². The van der Waals surface area contributed by atoms with Gasteiger partial charge in [-0.1, -0.05) is 35.1 Å². The maximum Gasteiger partial charge on any atom is 0.255 e. The zero-order valence-electron chi connectivity index (χ0n) is 13.1. The van der Waals surface area contributed by atoms with E-state index in [1.165, 1.54) is 35.6 Å². The lowest BCUT2D eigenvalue weighted by atomic mass is 10.3. The summed E-state index contributed by atoms with van der Waals surface area (Å²) in [5.74, 6) is -1.39. The third-order valence-corrected chi connectivity index (χ3v) is 6.48. The van der Waals surface area contributed by atoms with Crippen LogP contribution in [0.3, 0.4) is 0 Å². The maximum absolute atomic E-state index is 12.2. The number of sulfone groups is 1. The number of hydrogen-bond donors (Lipinski definition) is 1. The van der Waals surface area contributed by atoms with Crippen LogP contribution in [0.25, 0.3) is 10.2 Å². The summed E-state index contributed by atoms with van der Waals surface area (Å²) < 4.78 is 27.3. The van der Waals surface area contributed by atoms with Crippen molar-refractivity contribution in [3.8, 4) is 0 Å². The maximum atomic E-state index is 12.2. The average molecular weight is 396 g/mol. The minimum atomic E-state index is -3.75. The first kappa shape index (κ1) is 17.7. The lowest BCUT2D eigenvalue weighted by Gasteiger charge is -2.03. The van der Waals surface area contributed by atoms with Gasteiger partial charge in [0, 0.05) is 12.1 Å². The fourth-order valence-corrected chi connectivity index (χ4v) is 4.46. The van der Waals surface area contributed by atoms with E-state index in [1.807, 2.05) is 35.9 Å². The first-order chi connectivity index (χ1) is 11.9. The minimum absolute atomic E-state index is 0.0412. The number of aryl methyl sites for hydroxylation is 1. The Balaban J connectivity index is 1.78. The van der Waals surface area contributed by atoms with Gasteiger partial charge in [-0.2, -0.15) is 0 Å². The van der Waals surface area contributed by atoms with Crippen LogP contribution >= 0.6 is 22.9 Å². The molecule has 0 radical (unpaired) electrons. The number of nitrogens with zero attached hydrogens (tertiary/aromatic N) is 2. The number of fused-ring (bicyclic) bond motifs is 1. The molecule has 2 aromatic carbocycles. The molecule has 1 amide bonds. The van der Waals surface area contributed by atoms with E-state index in [0.717, 1.165) is 10.2 Å². The van der Waals surface area contributed by atoms with Gasteiger partial charge in [0.05, 0.1) is 15.1 Å². The van der Waals surface area contributed by atoms with E-state index in [-0.39, 0.29) is 4.90 Å². The van der Waals surface area contributed by atoms with Gasteiger partial charge in [0.1, 0.15) is 5.75 Å². The highest BCUT2D eigenvalue weighted by atomic mass is 35.5. The van der Waals surface area contributed by atoms with Gasteiger partial charge >= 0.3 is 0 Å². The van der Waals surface area contributed by atoms with Gasteiger partial charge in [-0.25, -0.2) is 13.8 Å². The molecule has 0 aliphatic heterocycles. The zero-order valence-corrected chi connectivity index (χ0v) is 15.5. The number of carbonyl (C=O) groups is 1. The molecule has 1 N–H and O–H groups in total. The SMILES string of the molecule is Cn1/c(=N/NC(=O)CS(=O)(=O)c2ccc(Cl)cc2)sc2ccccc21. The van der Waals surface area contributed by atoms with Crippen molar-refractivity contribution in [3.63, 3.8) is 0 Å². The summed E-state index contributed by atoms with van der Waals surface area (Å²) in [5, 5.41) is 4.46. The van der Waals surface area contributed by atoms with Gasteiger partial charge in [0.2, 0.25) is 4.80 Å². The molecule has 1 aromatic heterocycles. The fourth-order valence-electron chi connectivity index (χ4n) is 2.23. The van der Waals surface area contributed by atoms with E-state index in [2.05, 4.69) is 10.5 Å². The number of rotatable bonds is 4. The molecule has 0 aliphatic rings. The van der Waals surface area contributed by atoms with Gasteiger partial charge in [-0.3, -0.25) is 4.79 Å². The number of halogens is 1. The topological polar surface area (TPSA) is 80.5 Å².